The van der Waals surface area contributed by atoms with Gasteiger partial charge in [0.2, 0.25) is 5.91 Å². The second kappa shape index (κ2) is 7.25. The van der Waals surface area contributed by atoms with Crippen molar-refractivity contribution >= 4 is 23.3 Å². The number of carboxylic acids is 1. The highest BCUT2D eigenvalue weighted by Gasteiger charge is 2.18. The fraction of sp³-hybridized carbons (Fsp3) is 0.133. The molecule has 0 aliphatic rings. The molecule has 25 heavy (non-hydrogen) atoms. The molecule has 10 heteroatoms. The lowest BCUT2D eigenvalue weighted by molar-refractivity contribution is -0.384. The quantitative estimate of drug-likeness (QED) is 0.589. The van der Waals surface area contributed by atoms with Crippen LogP contribution in [0.2, 0.25) is 0 Å². The van der Waals surface area contributed by atoms with Crippen LogP contribution < -0.4 is 15.6 Å². The van der Waals surface area contributed by atoms with Crippen LogP contribution in [0.15, 0.2) is 41.3 Å². The van der Waals surface area contributed by atoms with Crippen molar-refractivity contribution in [1.29, 1.82) is 0 Å². The molecule has 130 valence electrons. The van der Waals surface area contributed by atoms with Crippen molar-refractivity contribution in [3.8, 4) is 5.75 Å². The summed E-state index contributed by atoms with van der Waals surface area (Å²) in [4.78, 5) is 45.3. The highest BCUT2D eigenvalue weighted by atomic mass is 16.6. The Hall–Kier alpha value is -3.69. The van der Waals surface area contributed by atoms with E-state index in [0.717, 1.165) is 16.7 Å². The molecule has 0 fully saturated rings. The molecule has 1 aromatic heterocycles. The molecule has 0 saturated heterocycles. The largest absolute Gasteiger partial charge is 0.496 e. The molecule has 1 amide bonds. The van der Waals surface area contributed by atoms with Gasteiger partial charge in [0.15, 0.2) is 0 Å². The number of amides is 1. The zero-order chi connectivity index (χ0) is 18.6. The van der Waals surface area contributed by atoms with E-state index in [1.54, 1.807) is 0 Å². The summed E-state index contributed by atoms with van der Waals surface area (Å²) in [6, 6.07) is 6.30. The van der Waals surface area contributed by atoms with Crippen molar-refractivity contribution < 1.29 is 24.4 Å². The Kier molecular flexibility index (Phi) is 5.12. The molecule has 0 aliphatic heterocycles. The third-order valence-electron chi connectivity index (χ3n) is 3.24. The lowest BCUT2D eigenvalue weighted by Gasteiger charge is -2.09. The molecule has 10 nitrogen and oxygen atoms in total. The number of carboxylic acid groups (broad SMARTS) is 1. The Labute approximate surface area is 140 Å². The minimum absolute atomic E-state index is 0.0711. The Morgan fingerprint density at radius 1 is 1.36 bits per heavy atom. The van der Waals surface area contributed by atoms with Crippen LogP contribution in [-0.4, -0.2) is 33.6 Å². The Bertz CT molecular complexity index is 904. The average Bonchev–Trinajstić information content (AvgIpc) is 2.56. The molecule has 0 radical (unpaired) electrons. The summed E-state index contributed by atoms with van der Waals surface area (Å²) in [5.41, 5.74) is -1.78. The third kappa shape index (κ3) is 3.99. The van der Waals surface area contributed by atoms with Crippen LogP contribution in [0.1, 0.15) is 10.4 Å². The number of aromatic carboxylic acids is 1. The van der Waals surface area contributed by atoms with Crippen molar-refractivity contribution in [1.82, 2.24) is 4.57 Å². The van der Waals surface area contributed by atoms with Crippen LogP contribution in [0, 0.1) is 10.1 Å². The SMILES string of the molecule is COc1ccc(NC(=O)Cn2cccc(C(=O)O)c2=O)c([N+](=O)[O-])c1. The van der Waals surface area contributed by atoms with E-state index in [0.29, 0.717) is 0 Å². The summed E-state index contributed by atoms with van der Waals surface area (Å²) in [5.74, 6) is -1.89. The molecule has 0 saturated carbocycles. The van der Waals surface area contributed by atoms with E-state index in [1.807, 2.05) is 0 Å². The monoisotopic (exact) mass is 347 g/mol. The second-order valence-corrected chi connectivity index (χ2v) is 4.85. The lowest BCUT2D eigenvalue weighted by Crippen LogP contribution is -2.30. The van der Waals surface area contributed by atoms with Crippen molar-refractivity contribution in [3.05, 3.63) is 62.6 Å². The third-order valence-corrected chi connectivity index (χ3v) is 3.24. The molecule has 0 spiro atoms. The minimum Gasteiger partial charge on any atom is -0.496 e. The fourth-order valence-corrected chi connectivity index (χ4v) is 2.06. The van der Waals surface area contributed by atoms with Gasteiger partial charge in [0, 0.05) is 6.20 Å². The number of carbonyl (C=O) groups excluding carboxylic acids is 1. The molecule has 0 aliphatic carbocycles. The van der Waals surface area contributed by atoms with E-state index in [4.69, 9.17) is 9.84 Å². The van der Waals surface area contributed by atoms with E-state index in [1.165, 1.54) is 31.5 Å². The van der Waals surface area contributed by atoms with E-state index in [9.17, 15) is 24.5 Å². The number of ether oxygens (including phenoxy) is 1. The predicted molar refractivity (Wildman–Crippen MR) is 85.9 cm³/mol. The first-order chi connectivity index (χ1) is 11.8. The summed E-state index contributed by atoms with van der Waals surface area (Å²) >= 11 is 0. The number of hydrogen-bond donors (Lipinski definition) is 2. The normalized spacial score (nSPS) is 10.1. The number of anilines is 1. The van der Waals surface area contributed by atoms with Gasteiger partial charge in [-0.25, -0.2) is 4.79 Å². The maximum absolute atomic E-state index is 12.1. The van der Waals surface area contributed by atoms with Crippen LogP contribution in [0.4, 0.5) is 11.4 Å². The lowest BCUT2D eigenvalue weighted by atomic mass is 10.2. The van der Waals surface area contributed by atoms with Gasteiger partial charge < -0.3 is 19.7 Å². The first-order valence-corrected chi connectivity index (χ1v) is 6.88. The van der Waals surface area contributed by atoms with Gasteiger partial charge in [0.05, 0.1) is 18.1 Å². The van der Waals surface area contributed by atoms with Gasteiger partial charge in [0.25, 0.3) is 11.2 Å². The Balaban J connectivity index is 2.24. The van der Waals surface area contributed by atoms with Crippen LogP contribution in [-0.2, 0) is 11.3 Å². The van der Waals surface area contributed by atoms with Crippen molar-refractivity contribution in [2.24, 2.45) is 0 Å². The van der Waals surface area contributed by atoms with Crippen LogP contribution >= 0.6 is 0 Å². The fourth-order valence-electron chi connectivity index (χ4n) is 2.06. The first kappa shape index (κ1) is 17.7. The summed E-state index contributed by atoms with van der Waals surface area (Å²) in [6.07, 6.45) is 1.25. The number of hydrogen-bond acceptors (Lipinski definition) is 6. The van der Waals surface area contributed by atoms with Gasteiger partial charge >= 0.3 is 5.97 Å². The second-order valence-electron chi connectivity index (χ2n) is 4.85. The molecule has 0 atom stereocenters. The maximum Gasteiger partial charge on any atom is 0.341 e. The number of carbonyl (C=O) groups is 2. The number of nitro benzene ring substituents is 1. The van der Waals surface area contributed by atoms with Crippen molar-refractivity contribution in [3.63, 3.8) is 0 Å². The zero-order valence-electron chi connectivity index (χ0n) is 13.0. The number of pyridine rings is 1. The van der Waals surface area contributed by atoms with Crippen molar-refractivity contribution in [2.75, 3.05) is 12.4 Å². The van der Waals surface area contributed by atoms with Crippen molar-refractivity contribution in [2.45, 2.75) is 6.54 Å². The molecule has 2 aromatic rings. The van der Waals surface area contributed by atoms with Gasteiger partial charge in [-0.3, -0.25) is 19.7 Å². The molecule has 0 bridgehead atoms. The van der Waals surface area contributed by atoms with Crippen LogP contribution in [0.5, 0.6) is 5.75 Å². The number of benzene rings is 1. The number of nitrogens with one attached hydrogen (secondary N) is 1. The number of nitro groups is 1. The average molecular weight is 347 g/mol. The Morgan fingerprint density at radius 3 is 2.68 bits per heavy atom. The maximum atomic E-state index is 12.1. The van der Waals surface area contributed by atoms with Gasteiger partial charge in [0.1, 0.15) is 23.5 Å². The number of aromatic nitrogens is 1. The first-order valence-electron chi connectivity index (χ1n) is 6.88. The smallest absolute Gasteiger partial charge is 0.341 e. The molecular weight excluding hydrogens is 334 g/mol. The highest BCUT2D eigenvalue weighted by Crippen LogP contribution is 2.28. The molecule has 0 unspecified atom stereocenters. The number of nitrogens with zero attached hydrogens (tertiary/aromatic N) is 2. The van der Waals surface area contributed by atoms with Crippen LogP contribution in [0.25, 0.3) is 0 Å². The summed E-state index contributed by atoms with van der Waals surface area (Å²) in [6.45, 7) is -0.497. The molecular formula is C15H13N3O7. The predicted octanol–water partition coefficient (Wildman–Crippen LogP) is 1.10. The van der Waals surface area contributed by atoms with Gasteiger partial charge in [-0.2, -0.15) is 0 Å². The zero-order valence-corrected chi connectivity index (χ0v) is 13.0. The highest BCUT2D eigenvalue weighted by molar-refractivity contribution is 5.93. The van der Waals surface area contributed by atoms with E-state index < -0.39 is 34.5 Å². The Morgan fingerprint density at radius 2 is 2.08 bits per heavy atom. The number of rotatable bonds is 6. The van der Waals surface area contributed by atoms with Gasteiger partial charge in [-0.1, -0.05) is 0 Å². The topological polar surface area (TPSA) is 141 Å². The van der Waals surface area contributed by atoms with E-state index >= 15 is 0 Å². The standard InChI is InChI=1S/C15H13N3O7/c1-25-9-4-5-11(12(7-9)18(23)24)16-13(19)8-17-6-2-3-10(14(17)20)15(21)22/h2-7H,8H2,1H3,(H,16,19)(H,21,22). The summed E-state index contributed by atoms with van der Waals surface area (Å²) < 4.78 is 5.79. The minimum atomic E-state index is -1.41. The van der Waals surface area contributed by atoms with Crippen LogP contribution in [0.3, 0.4) is 0 Å². The molecule has 1 aromatic carbocycles. The van der Waals surface area contributed by atoms with Gasteiger partial charge in [-0.15, -0.1) is 0 Å². The summed E-state index contributed by atoms with van der Waals surface area (Å²) in [5, 5.41) is 22.3. The molecule has 2 N–H and O–H groups in total. The number of methoxy groups -OCH3 is 1. The van der Waals surface area contributed by atoms with Gasteiger partial charge in [-0.05, 0) is 24.3 Å². The summed E-state index contributed by atoms with van der Waals surface area (Å²) in [7, 11) is 1.35. The molecule has 2 rings (SSSR count). The van der Waals surface area contributed by atoms with E-state index in [2.05, 4.69) is 5.32 Å². The van der Waals surface area contributed by atoms with E-state index in [-0.39, 0.29) is 17.1 Å². The molecule has 1 heterocycles.